The highest BCUT2D eigenvalue weighted by atomic mass is 19.4. The van der Waals surface area contributed by atoms with Gasteiger partial charge in [-0.05, 0) is 67.3 Å². The molecule has 2 fully saturated rings. The summed E-state index contributed by atoms with van der Waals surface area (Å²) in [5.41, 5.74) is -0.787. The molecule has 16 heteroatoms. The fraction of sp³-hybridized carbons (Fsp3) is 0.378. The summed E-state index contributed by atoms with van der Waals surface area (Å²) in [7, 11) is 3.25. The largest absolute Gasteiger partial charge is 0.453 e. The van der Waals surface area contributed by atoms with E-state index in [9.17, 15) is 27.6 Å². The van der Waals surface area contributed by atoms with E-state index in [1.165, 1.54) is 31.5 Å². The van der Waals surface area contributed by atoms with Crippen molar-refractivity contribution in [2.45, 2.75) is 38.5 Å². The van der Waals surface area contributed by atoms with Gasteiger partial charge < -0.3 is 35.1 Å². The standard InChI is InChI=1S/C37H40F4N8O4/c1-21-13-31(49(19-21)33(50)18-44-36(52)53-4)34-43-17-30(45-34)24-7-5-23(6-8-24)26-14-28(38)29(15-27(26)37(39,40)41)46-35(51)25-9-10-32(42-16-25)48-12-11-47(3)22(2)20-48/h5-10,14-17,21-22,31H,11-13,18-20H2,1-4H3,(H,43,45)(H,44,52)(H,46,51). The van der Waals surface area contributed by atoms with Crippen molar-refractivity contribution in [2.24, 2.45) is 5.92 Å². The maximum Gasteiger partial charge on any atom is 0.417 e. The van der Waals surface area contributed by atoms with Gasteiger partial charge in [-0.3, -0.25) is 9.59 Å². The van der Waals surface area contributed by atoms with Gasteiger partial charge in [0.05, 0.1) is 41.9 Å². The second kappa shape index (κ2) is 15.2. The SMILES string of the molecule is COC(=O)NCC(=O)N1CC(C)CC1c1ncc(-c2ccc(-c3cc(F)c(NC(=O)c4ccc(N5CCN(C)C(C)C5)nc4)cc3C(F)(F)F)cc2)[nH]1. The van der Waals surface area contributed by atoms with Gasteiger partial charge >= 0.3 is 12.3 Å². The lowest BCUT2D eigenvalue weighted by Crippen LogP contribution is -2.50. The Hall–Kier alpha value is -5.51. The van der Waals surface area contributed by atoms with Gasteiger partial charge in [-0.25, -0.2) is 19.2 Å². The van der Waals surface area contributed by atoms with Crippen molar-refractivity contribution >= 4 is 29.4 Å². The van der Waals surface area contributed by atoms with Crippen LogP contribution >= 0.6 is 0 Å². The first-order valence-electron chi connectivity index (χ1n) is 17.1. The lowest BCUT2D eigenvalue weighted by atomic mass is 9.96. The number of nitrogens with one attached hydrogen (secondary N) is 3. The predicted molar refractivity (Wildman–Crippen MR) is 190 cm³/mol. The topological polar surface area (TPSA) is 136 Å². The number of anilines is 2. The van der Waals surface area contributed by atoms with Crippen LogP contribution in [0.4, 0.5) is 33.9 Å². The highest BCUT2D eigenvalue weighted by molar-refractivity contribution is 6.04. The van der Waals surface area contributed by atoms with Crippen molar-refractivity contribution in [3.8, 4) is 22.4 Å². The van der Waals surface area contributed by atoms with Gasteiger partial charge in [-0.15, -0.1) is 0 Å². The first kappa shape index (κ1) is 37.3. The van der Waals surface area contributed by atoms with Crippen molar-refractivity contribution in [1.29, 1.82) is 0 Å². The Bertz CT molecular complexity index is 1970. The monoisotopic (exact) mass is 736 g/mol. The van der Waals surface area contributed by atoms with Crippen LogP contribution in [0.2, 0.25) is 0 Å². The third-order valence-corrected chi connectivity index (χ3v) is 9.77. The predicted octanol–water partition coefficient (Wildman–Crippen LogP) is 5.95. The number of methoxy groups -OCH3 is 1. The molecular weight excluding hydrogens is 696 g/mol. The Balaban J connectivity index is 1.17. The van der Waals surface area contributed by atoms with E-state index in [1.807, 2.05) is 14.0 Å². The lowest BCUT2D eigenvalue weighted by molar-refractivity contribution is -0.137. The number of piperazine rings is 1. The van der Waals surface area contributed by atoms with E-state index in [0.717, 1.165) is 25.7 Å². The van der Waals surface area contributed by atoms with Crippen molar-refractivity contribution in [1.82, 2.24) is 30.1 Å². The van der Waals surface area contributed by atoms with Crippen LogP contribution in [0, 0.1) is 11.7 Å². The molecule has 2 aliphatic heterocycles. The second-order valence-electron chi connectivity index (χ2n) is 13.5. The molecule has 4 aromatic rings. The Morgan fingerprint density at radius 3 is 2.38 bits per heavy atom. The van der Waals surface area contributed by atoms with E-state index in [4.69, 9.17) is 0 Å². The molecule has 3 N–H and O–H groups in total. The molecule has 12 nitrogen and oxygen atoms in total. The normalized spacial score (nSPS) is 19.3. The van der Waals surface area contributed by atoms with Crippen LogP contribution in [0.15, 0.2) is 60.9 Å². The maximum atomic E-state index is 15.4. The summed E-state index contributed by atoms with van der Waals surface area (Å²) in [5, 5.41) is 4.67. The molecule has 0 radical (unpaired) electrons. The van der Waals surface area contributed by atoms with Gasteiger partial charge in [0, 0.05) is 38.4 Å². The summed E-state index contributed by atoms with van der Waals surface area (Å²) in [5.74, 6) is -0.758. The number of hydrogen-bond acceptors (Lipinski definition) is 8. The molecule has 3 amide bonds. The summed E-state index contributed by atoms with van der Waals surface area (Å²) in [6.07, 6.45) is -2.06. The number of rotatable bonds is 8. The van der Waals surface area contributed by atoms with Gasteiger partial charge in [-0.1, -0.05) is 31.2 Å². The Kier molecular flexibility index (Phi) is 10.7. The number of benzene rings is 2. The number of carbonyl (C=O) groups excluding carboxylic acids is 3. The minimum absolute atomic E-state index is 0.0721. The number of aromatic nitrogens is 3. The minimum atomic E-state index is -4.86. The molecule has 3 atom stereocenters. The summed E-state index contributed by atoms with van der Waals surface area (Å²) in [4.78, 5) is 55.3. The van der Waals surface area contributed by atoms with Crippen molar-refractivity contribution in [3.63, 3.8) is 0 Å². The number of halogens is 4. The highest BCUT2D eigenvalue weighted by Crippen LogP contribution is 2.41. The minimum Gasteiger partial charge on any atom is -0.453 e. The number of H-pyrrole nitrogens is 1. The maximum absolute atomic E-state index is 15.4. The molecule has 0 bridgehead atoms. The number of hydrogen-bond donors (Lipinski definition) is 3. The molecule has 6 rings (SSSR count). The van der Waals surface area contributed by atoms with E-state index in [0.29, 0.717) is 48.0 Å². The third kappa shape index (κ3) is 8.27. The summed E-state index contributed by atoms with van der Waals surface area (Å²) in [6.45, 7) is 6.69. The number of alkyl halides is 3. The number of carbonyl (C=O) groups is 3. The molecule has 2 aromatic carbocycles. The van der Waals surface area contributed by atoms with Crippen molar-refractivity contribution < 1.29 is 36.7 Å². The molecule has 0 saturated carbocycles. The van der Waals surface area contributed by atoms with Crippen LogP contribution in [-0.4, -0.2) is 95.6 Å². The fourth-order valence-electron chi connectivity index (χ4n) is 6.69. The van der Waals surface area contributed by atoms with Crippen LogP contribution in [0.1, 0.15) is 48.1 Å². The molecule has 0 aliphatic carbocycles. The number of likely N-dealkylation sites (N-methyl/N-ethyl adjacent to an activating group) is 1. The smallest absolute Gasteiger partial charge is 0.417 e. The molecule has 2 aromatic heterocycles. The zero-order chi connectivity index (χ0) is 38.0. The van der Waals surface area contributed by atoms with Gasteiger partial charge in [0.25, 0.3) is 5.91 Å². The average Bonchev–Trinajstić information content (AvgIpc) is 3.79. The number of ether oxygens (including phenoxy) is 1. The molecule has 4 heterocycles. The average molecular weight is 737 g/mol. The van der Waals surface area contributed by atoms with Gasteiger partial charge in [0.1, 0.15) is 24.0 Å². The molecule has 0 spiro atoms. The van der Waals surface area contributed by atoms with Crippen LogP contribution in [-0.2, 0) is 15.7 Å². The number of likely N-dealkylation sites (tertiary alicyclic amines) is 1. The highest BCUT2D eigenvalue weighted by Gasteiger charge is 2.37. The number of alkyl carbamates (subject to hydrolysis) is 1. The molecule has 53 heavy (non-hydrogen) atoms. The fourth-order valence-corrected chi connectivity index (χ4v) is 6.69. The van der Waals surface area contributed by atoms with E-state index < -0.39 is 40.8 Å². The number of aromatic amines is 1. The molecule has 2 aliphatic rings. The third-order valence-electron chi connectivity index (χ3n) is 9.77. The van der Waals surface area contributed by atoms with E-state index in [2.05, 4.69) is 47.0 Å². The van der Waals surface area contributed by atoms with Crippen LogP contribution < -0.4 is 15.5 Å². The molecule has 2 saturated heterocycles. The molecule has 3 unspecified atom stereocenters. The summed E-state index contributed by atoms with van der Waals surface area (Å²) >= 11 is 0. The van der Waals surface area contributed by atoms with Crippen LogP contribution in [0.5, 0.6) is 0 Å². The zero-order valence-corrected chi connectivity index (χ0v) is 29.6. The Labute approximate surface area is 303 Å². The van der Waals surface area contributed by atoms with E-state index in [-0.39, 0.29) is 35.5 Å². The number of pyridine rings is 1. The van der Waals surface area contributed by atoms with E-state index in [1.54, 1.807) is 29.3 Å². The molecule has 280 valence electrons. The van der Waals surface area contributed by atoms with Crippen molar-refractivity contribution in [3.05, 3.63) is 83.7 Å². The van der Waals surface area contributed by atoms with Gasteiger partial charge in [-0.2, -0.15) is 13.2 Å². The Morgan fingerprint density at radius 2 is 1.72 bits per heavy atom. The summed E-state index contributed by atoms with van der Waals surface area (Å²) < 4.78 is 63.1. The second-order valence-corrected chi connectivity index (χ2v) is 13.5. The van der Waals surface area contributed by atoms with Gasteiger partial charge in [0.2, 0.25) is 5.91 Å². The Morgan fingerprint density at radius 1 is 0.981 bits per heavy atom. The first-order chi connectivity index (χ1) is 25.2. The van der Waals surface area contributed by atoms with Crippen LogP contribution in [0.25, 0.3) is 22.4 Å². The first-order valence-corrected chi connectivity index (χ1v) is 17.1. The zero-order valence-electron chi connectivity index (χ0n) is 29.6. The van der Waals surface area contributed by atoms with Gasteiger partial charge in [0.15, 0.2) is 0 Å². The summed E-state index contributed by atoms with van der Waals surface area (Å²) in [6, 6.07) is 10.5. The molecular formula is C37H40F4N8O4. The van der Waals surface area contributed by atoms with Crippen LogP contribution in [0.3, 0.4) is 0 Å². The lowest BCUT2D eigenvalue weighted by Gasteiger charge is -2.38. The number of imidazole rings is 1. The van der Waals surface area contributed by atoms with Crippen molar-refractivity contribution in [2.75, 3.05) is 57.1 Å². The quantitative estimate of drug-likeness (QED) is 0.189. The van der Waals surface area contributed by atoms with E-state index >= 15 is 4.39 Å². The number of nitrogens with zero attached hydrogens (tertiary/aromatic N) is 5. The number of amides is 3.